The van der Waals surface area contributed by atoms with Gasteiger partial charge in [-0.15, -0.1) is 0 Å². The lowest BCUT2D eigenvalue weighted by Crippen LogP contribution is -2.23. The number of anilines is 2. The zero-order valence-corrected chi connectivity index (χ0v) is 10.7. The van der Waals surface area contributed by atoms with Gasteiger partial charge in [-0.3, -0.25) is 4.79 Å². The highest BCUT2D eigenvalue weighted by Crippen LogP contribution is 2.30. The Labute approximate surface area is 100 Å². The largest absolute Gasteiger partial charge is 0.397 e. The van der Waals surface area contributed by atoms with Gasteiger partial charge in [0.15, 0.2) is 5.78 Å². The number of ketones is 1. The number of carbonyl (C=O) groups is 1. The van der Waals surface area contributed by atoms with Crippen LogP contribution >= 0.6 is 0 Å². The average Bonchev–Trinajstić information content (AvgIpc) is 2.28. The third-order valence-electron chi connectivity index (χ3n) is 2.36. The number of benzene rings is 1. The van der Waals surface area contributed by atoms with E-state index in [2.05, 4.69) is 10.0 Å². The van der Waals surface area contributed by atoms with E-state index in [1.807, 2.05) is 0 Å². The van der Waals surface area contributed by atoms with Crippen LogP contribution in [0.1, 0.15) is 17.3 Å². The Kier molecular flexibility index (Phi) is 3.74. The van der Waals surface area contributed by atoms with Crippen LogP contribution in [-0.2, 0) is 10.0 Å². The molecule has 4 N–H and O–H groups in total. The predicted molar refractivity (Wildman–Crippen MR) is 66.7 cm³/mol. The van der Waals surface area contributed by atoms with Crippen LogP contribution in [0.4, 0.5) is 11.4 Å². The molecule has 6 nitrogen and oxygen atoms in total. The minimum absolute atomic E-state index is 0.109. The summed E-state index contributed by atoms with van der Waals surface area (Å²) in [5, 5.41) is 2.70. The molecule has 0 spiro atoms. The molecule has 0 saturated carbocycles. The van der Waals surface area contributed by atoms with E-state index in [4.69, 9.17) is 5.73 Å². The second kappa shape index (κ2) is 4.72. The number of hydrogen-bond donors (Lipinski definition) is 3. The average molecular weight is 257 g/mol. The predicted octanol–water partition coefficient (Wildman–Crippen LogP) is 0.421. The molecular weight excluding hydrogens is 242 g/mol. The van der Waals surface area contributed by atoms with E-state index in [1.165, 1.54) is 26.1 Å². The molecule has 0 atom stereocenters. The van der Waals surface area contributed by atoms with Gasteiger partial charge < -0.3 is 11.1 Å². The monoisotopic (exact) mass is 257 g/mol. The van der Waals surface area contributed by atoms with Crippen LogP contribution < -0.4 is 15.8 Å². The first kappa shape index (κ1) is 13.5. The summed E-state index contributed by atoms with van der Waals surface area (Å²) >= 11 is 0. The van der Waals surface area contributed by atoms with Crippen LogP contribution in [0.2, 0.25) is 0 Å². The Morgan fingerprint density at radius 3 is 2.29 bits per heavy atom. The van der Waals surface area contributed by atoms with Gasteiger partial charge >= 0.3 is 0 Å². The molecule has 7 heteroatoms. The molecule has 1 aromatic carbocycles. The third-order valence-corrected chi connectivity index (χ3v) is 3.86. The molecule has 17 heavy (non-hydrogen) atoms. The van der Waals surface area contributed by atoms with Gasteiger partial charge in [0.2, 0.25) is 10.0 Å². The Hall–Kier alpha value is -1.60. The van der Waals surface area contributed by atoms with Gasteiger partial charge in [0.05, 0.1) is 11.4 Å². The maximum Gasteiger partial charge on any atom is 0.243 e. The lowest BCUT2D eigenvalue weighted by Gasteiger charge is -2.15. The van der Waals surface area contributed by atoms with Crippen LogP contribution in [0, 0.1) is 0 Å². The van der Waals surface area contributed by atoms with E-state index in [0.717, 1.165) is 0 Å². The Morgan fingerprint density at radius 1 is 1.29 bits per heavy atom. The fourth-order valence-corrected chi connectivity index (χ4v) is 2.71. The first-order valence-electron chi connectivity index (χ1n) is 4.90. The van der Waals surface area contributed by atoms with Crippen molar-refractivity contribution in [3.8, 4) is 0 Å². The highest BCUT2D eigenvalue weighted by atomic mass is 32.2. The fraction of sp³-hybridized carbons (Fsp3) is 0.300. The van der Waals surface area contributed by atoms with E-state index in [0.29, 0.717) is 0 Å². The van der Waals surface area contributed by atoms with Crippen LogP contribution in [0.5, 0.6) is 0 Å². The van der Waals surface area contributed by atoms with Gasteiger partial charge in [-0.1, -0.05) is 0 Å². The second-order valence-electron chi connectivity index (χ2n) is 3.42. The van der Waals surface area contributed by atoms with Gasteiger partial charge in [0, 0.05) is 12.6 Å². The van der Waals surface area contributed by atoms with Gasteiger partial charge in [0.25, 0.3) is 0 Å². The molecule has 0 fully saturated rings. The van der Waals surface area contributed by atoms with Crippen molar-refractivity contribution in [2.45, 2.75) is 11.8 Å². The number of nitrogens with two attached hydrogens (primary N) is 1. The van der Waals surface area contributed by atoms with Crippen molar-refractivity contribution in [1.82, 2.24) is 4.72 Å². The van der Waals surface area contributed by atoms with Crippen molar-refractivity contribution in [2.24, 2.45) is 0 Å². The van der Waals surface area contributed by atoms with Crippen molar-refractivity contribution in [1.29, 1.82) is 0 Å². The molecule has 0 amide bonds. The van der Waals surface area contributed by atoms with Crippen molar-refractivity contribution in [3.63, 3.8) is 0 Å². The minimum Gasteiger partial charge on any atom is -0.397 e. The van der Waals surface area contributed by atoms with Crippen LogP contribution in [0.3, 0.4) is 0 Å². The van der Waals surface area contributed by atoms with Crippen molar-refractivity contribution >= 4 is 27.2 Å². The highest BCUT2D eigenvalue weighted by Gasteiger charge is 2.24. The molecule has 0 radical (unpaired) electrons. The minimum atomic E-state index is -3.75. The highest BCUT2D eigenvalue weighted by molar-refractivity contribution is 7.89. The fourth-order valence-electron chi connectivity index (χ4n) is 1.51. The zero-order chi connectivity index (χ0) is 13.2. The normalized spacial score (nSPS) is 11.2. The summed E-state index contributed by atoms with van der Waals surface area (Å²) in [6.45, 7) is 1.31. The standard InChI is InChI=1S/C10H15N3O3S/c1-6(14)7-4-5-8(11)9(12-2)10(7)17(15,16)13-3/h4-5,12-13H,11H2,1-3H3. The third kappa shape index (κ3) is 2.40. The molecule has 94 valence electrons. The van der Waals surface area contributed by atoms with E-state index >= 15 is 0 Å². The number of carbonyl (C=O) groups excluding carboxylic acids is 1. The smallest absolute Gasteiger partial charge is 0.243 e. The molecule has 0 heterocycles. The summed E-state index contributed by atoms with van der Waals surface area (Å²) in [5.41, 5.74) is 6.29. The van der Waals surface area contributed by atoms with E-state index < -0.39 is 10.0 Å². The van der Waals surface area contributed by atoms with E-state index in [-0.39, 0.29) is 27.6 Å². The molecule has 0 saturated heterocycles. The molecule has 0 aromatic heterocycles. The number of sulfonamides is 1. The number of hydrogen-bond acceptors (Lipinski definition) is 5. The quantitative estimate of drug-likeness (QED) is 0.536. The van der Waals surface area contributed by atoms with E-state index in [1.54, 1.807) is 7.05 Å². The number of Topliss-reactive ketones (excluding diaryl/α,β-unsaturated/α-hetero) is 1. The molecule has 0 unspecified atom stereocenters. The van der Waals surface area contributed by atoms with Gasteiger partial charge in [-0.05, 0) is 26.1 Å². The zero-order valence-electron chi connectivity index (χ0n) is 9.87. The molecule has 0 bridgehead atoms. The maximum absolute atomic E-state index is 11.9. The van der Waals surface area contributed by atoms with Gasteiger partial charge in [-0.2, -0.15) is 0 Å². The molecular formula is C10H15N3O3S. The SMILES string of the molecule is CNc1c(N)ccc(C(C)=O)c1S(=O)(=O)NC. The first-order chi connectivity index (χ1) is 7.85. The first-order valence-corrected chi connectivity index (χ1v) is 6.38. The number of nitrogen functional groups attached to an aromatic ring is 1. The number of rotatable bonds is 4. The lowest BCUT2D eigenvalue weighted by molar-refractivity contribution is 0.101. The topological polar surface area (TPSA) is 101 Å². The van der Waals surface area contributed by atoms with Crippen LogP contribution in [0.15, 0.2) is 17.0 Å². The maximum atomic E-state index is 11.9. The summed E-state index contributed by atoms with van der Waals surface area (Å²) in [4.78, 5) is 11.3. The van der Waals surface area contributed by atoms with E-state index in [9.17, 15) is 13.2 Å². The molecule has 0 aliphatic rings. The molecule has 1 rings (SSSR count). The molecule has 1 aromatic rings. The Morgan fingerprint density at radius 2 is 1.88 bits per heavy atom. The van der Waals surface area contributed by atoms with Gasteiger partial charge in [-0.25, -0.2) is 13.1 Å². The summed E-state index contributed by atoms with van der Waals surface area (Å²) in [7, 11) is -0.927. The van der Waals surface area contributed by atoms with Crippen LogP contribution in [-0.4, -0.2) is 28.3 Å². The Balaban J connectivity index is 3.74. The van der Waals surface area contributed by atoms with Crippen molar-refractivity contribution < 1.29 is 13.2 Å². The summed E-state index contributed by atoms with van der Waals surface area (Å²) < 4.78 is 26.0. The molecule has 0 aliphatic heterocycles. The summed E-state index contributed by atoms with van der Waals surface area (Å²) in [5.74, 6) is -0.338. The summed E-state index contributed by atoms with van der Waals surface area (Å²) in [6, 6.07) is 2.90. The second-order valence-corrected chi connectivity index (χ2v) is 5.24. The Bertz CT molecular complexity index is 552. The number of nitrogens with one attached hydrogen (secondary N) is 2. The van der Waals surface area contributed by atoms with Crippen LogP contribution in [0.25, 0.3) is 0 Å². The summed E-state index contributed by atoms with van der Waals surface area (Å²) in [6.07, 6.45) is 0. The molecule has 0 aliphatic carbocycles. The lowest BCUT2D eigenvalue weighted by atomic mass is 10.1. The van der Waals surface area contributed by atoms with Crippen molar-refractivity contribution in [3.05, 3.63) is 17.7 Å². The van der Waals surface area contributed by atoms with Crippen molar-refractivity contribution in [2.75, 3.05) is 25.1 Å². The van der Waals surface area contributed by atoms with Gasteiger partial charge in [0.1, 0.15) is 4.90 Å².